The minimum absolute atomic E-state index is 0.212. The first-order chi connectivity index (χ1) is 10.7. The molecule has 0 atom stereocenters. The van der Waals surface area contributed by atoms with Crippen molar-refractivity contribution in [1.82, 2.24) is 0 Å². The highest BCUT2D eigenvalue weighted by molar-refractivity contribution is 7.80. The summed E-state index contributed by atoms with van der Waals surface area (Å²) in [7, 11) is 0. The Morgan fingerprint density at radius 2 is 1.48 bits per heavy atom. The van der Waals surface area contributed by atoms with E-state index in [0.29, 0.717) is 24.3 Å². The average molecular weight is 350 g/mol. The van der Waals surface area contributed by atoms with Crippen molar-refractivity contribution >= 4 is 28.7 Å². The fraction of sp³-hybridized carbons (Fsp3) is 0.0714. The van der Waals surface area contributed by atoms with Gasteiger partial charge in [-0.3, -0.25) is 0 Å². The summed E-state index contributed by atoms with van der Waals surface area (Å²) >= 11 is 4.78. The van der Waals surface area contributed by atoms with Gasteiger partial charge in [-0.15, -0.1) is 0 Å². The Balaban J connectivity index is 2.17. The van der Waals surface area contributed by atoms with E-state index < -0.39 is 34.9 Å². The number of anilines is 2. The van der Waals surface area contributed by atoms with E-state index in [1.165, 1.54) is 0 Å². The zero-order chi connectivity index (χ0) is 17.2. The van der Waals surface area contributed by atoms with E-state index in [1.54, 1.807) is 0 Å². The largest absolute Gasteiger partial charge is 0.416 e. The van der Waals surface area contributed by atoms with Crippen molar-refractivity contribution < 1.29 is 26.3 Å². The van der Waals surface area contributed by atoms with Crippen LogP contribution in [-0.4, -0.2) is 5.11 Å². The predicted molar refractivity (Wildman–Crippen MR) is 77.6 cm³/mol. The molecule has 2 rings (SSSR count). The van der Waals surface area contributed by atoms with Crippen LogP contribution in [0.25, 0.3) is 0 Å². The van der Waals surface area contributed by atoms with Crippen LogP contribution in [0.3, 0.4) is 0 Å². The third-order valence-corrected chi connectivity index (χ3v) is 2.93. The van der Waals surface area contributed by atoms with Gasteiger partial charge >= 0.3 is 6.18 Å². The Kier molecular flexibility index (Phi) is 4.79. The number of alkyl halides is 3. The number of halogens is 6. The number of benzene rings is 2. The molecule has 9 heteroatoms. The summed E-state index contributed by atoms with van der Waals surface area (Å²) in [5, 5.41) is 4.15. The molecule has 0 spiro atoms. The third-order valence-electron chi connectivity index (χ3n) is 2.72. The lowest BCUT2D eigenvalue weighted by Crippen LogP contribution is -2.21. The van der Waals surface area contributed by atoms with Gasteiger partial charge < -0.3 is 10.6 Å². The van der Waals surface area contributed by atoms with Crippen LogP contribution in [0, 0.1) is 17.5 Å². The first-order valence-corrected chi connectivity index (χ1v) is 6.47. The van der Waals surface area contributed by atoms with Crippen LogP contribution in [-0.2, 0) is 6.18 Å². The van der Waals surface area contributed by atoms with Crippen LogP contribution in [0.1, 0.15) is 5.56 Å². The molecule has 0 fully saturated rings. The summed E-state index contributed by atoms with van der Waals surface area (Å²) in [5.41, 5.74) is -1.81. The lowest BCUT2D eigenvalue weighted by atomic mass is 10.2. The van der Waals surface area contributed by atoms with Crippen LogP contribution in [0.5, 0.6) is 0 Å². The van der Waals surface area contributed by atoms with Crippen LogP contribution < -0.4 is 10.6 Å². The number of hydrogen-bond acceptors (Lipinski definition) is 1. The van der Waals surface area contributed by atoms with Gasteiger partial charge in [-0.1, -0.05) is 0 Å². The maximum absolute atomic E-state index is 13.5. The maximum Gasteiger partial charge on any atom is 0.416 e. The molecule has 2 nitrogen and oxygen atoms in total. The van der Waals surface area contributed by atoms with E-state index in [9.17, 15) is 26.3 Å². The summed E-state index contributed by atoms with van der Waals surface area (Å²) in [6, 6.07) is 4.34. The summed E-state index contributed by atoms with van der Waals surface area (Å²) in [6.07, 6.45) is -4.65. The second-order valence-corrected chi connectivity index (χ2v) is 4.80. The number of hydrogen-bond donors (Lipinski definition) is 2. The van der Waals surface area contributed by atoms with E-state index in [1.807, 2.05) is 0 Å². The monoisotopic (exact) mass is 350 g/mol. The highest BCUT2D eigenvalue weighted by Gasteiger charge is 2.31. The lowest BCUT2D eigenvalue weighted by molar-refractivity contribution is -0.137. The third kappa shape index (κ3) is 4.35. The van der Waals surface area contributed by atoms with Crippen molar-refractivity contribution in [3.8, 4) is 0 Å². The van der Waals surface area contributed by atoms with Crippen LogP contribution in [0.15, 0.2) is 36.4 Å². The van der Waals surface area contributed by atoms with Crippen molar-refractivity contribution in [2.24, 2.45) is 0 Å². The second-order valence-electron chi connectivity index (χ2n) is 4.40. The average Bonchev–Trinajstić information content (AvgIpc) is 2.43. The topological polar surface area (TPSA) is 24.1 Å². The van der Waals surface area contributed by atoms with Crippen LogP contribution in [0.2, 0.25) is 0 Å². The second kappa shape index (κ2) is 6.45. The van der Waals surface area contributed by atoms with E-state index in [2.05, 4.69) is 10.6 Å². The van der Waals surface area contributed by atoms with Crippen LogP contribution >= 0.6 is 12.2 Å². The highest BCUT2D eigenvalue weighted by Crippen LogP contribution is 2.31. The Morgan fingerprint density at radius 3 is 2.09 bits per heavy atom. The van der Waals surface area contributed by atoms with E-state index >= 15 is 0 Å². The molecule has 0 aliphatic carbocycles. The van der Waals surface area contributed by atoms with Gasteiger partial charge in [0.1, 0.15) is 17.5 Å². The zero-order valence-corrected chi connectivity index (χ0v) is 12.0. The first kappa shape index (κ1) is 17.1. The summed E-state index contributed by atoms with van der Waals surface area (Å²) in [5.74, 6) is -2.74. The molecular weight excluding hydrogens is 342 g/mol. The predicted octanol–water partition coefficient (Wildman–Crippen LogP) is 4.93. The van der Waals surface area contributed by atoms with Gasteiger partial charge in [0, 0.05) is 6.07 Å². The van der Waals surface area contributed by atoms with E-state index in [-0.39, 0.29) is 10.8 Å². The highest BCUT2D eigenvalue weighted by atomic mass is 32.1. The molecule has 23 heavy (non-hydrogen) atoms. The van der Waals surface area contributed by atoms with Crippen molar-refractivity contribution in [1.29, 1.82) is 0 Å². The molecule has 0 amide bonds. The molecule has 0 bridgehead atoms. The van der Waals surface area contributed by atoms with Gasteiger partial charge in [0.2, 0.25) is 0 Å². The summed E-state index contributed by atoms with van der Waals surface area (Å²) in [4.78, 5) is 0. The van der Waals surface area contributed by atoms with Gasteiger partial charge in [-0.2, -0.15) is 13.2 Å². The maximum atomic E-state index is 13.5. The standard InChI is InChI=1S/C14H8F6N2S/c15-8-2-4-11(10(17)6-8)21-13(23)22-12-5-7(14(18,19)20)1-3-9(12)16/h1-6H,(H2,21,22,23). The summed E-state index contributed by atoms with van der Waals surface area (Å²) < 4.78 is 77.5. The number of thiocarbonyl (C=S) groups is 1. The van der Waals surface area contributed by atoms with E-state index in [4.69, 9.17) is 12.2 Å². The molecule has 2 N–H and O–H groups in total. The first-order valence-electron chi connectivity index (χ1n) is 6.06. The van der Waals surface area contributed by atoms with Gasteiger partial charge in [0.15, 0.2) is 5.11 Å². The van der Waals surface area contributed by atoms with Gasteiger partial charge in [-0.25, -0.2) is 13.2 Å². The molecule has 122 valence electrons. The molecule has 0 saturated carbocycles. The van der Waals surface area contributed by atoms with E-state index in [0.717, 1.165) is 12.1 Å². The lowest BCUT2D eigenvalue weighted by Gasteiger charge is -2.14. The summed E-state index contributed by atoms with van der Waals surface area (Å²) in [6.45, 7) is 0. The quantitative estimate of drug-likeness (QED) is 0.593. The molecule has 2 aromatic rings. The molecule has 0 radical (unpaired) electrons. The Labute approximate surface area is 132 Å². The minimum Gasteiger partial charge on any atom is -0.330 e. The van der Waals surface area contributed by atoms with Crippen molar-refractivity contribution in [3.05, 3.63) is 59.4 Å². The molecule has 0 aliphatic heterocycles. The molecule has 0 heterocycles. The normalized spacial score (nSPS) is 11.2. The van der Waals surface area contributed by atoms with Crippen LogP contribution in [0.4, 0.5) is 37.7 Å². The SMILES string of the molecule is Fc1ccc(NC(=S)Nc2cc(C(F)(F)F)ccc2F)c(F)c1. The fourth-order valence-corrected chi connectivity index (χ4v) is 1.88. The molecular formula is C14H8F6N2S. The molecule has 0 aromatic heterocycles. The van der Waals surface area contributed by atoms with Crippen molar-refractivity contribution in [2.75, 3.05) is 10.6 Å². The smallest absolute Gasteiger partial charge is 0.330 e. The number of rotatable bonds is 2. The van der Waals surface area contributed by atoms with Gasteiger partial charge in [-0.05, 0) is 42.5 Å². The molecule has 0 saturated heterocycles. The van der Waals surface area contributed by atoms with Crippen molar-refractivity contribution in [2.45, 2.75) is 6.18 Å². The van der Waals surface area contributed by atoms with Crippen molar-refractivity contribution in [3.63, 3.8) is 0 Å². The Morgan fingerprint density at radius 1 is 0.826 bits per heavy atom. The number of nitrogens with one attached hydrogen (secondary N) is 2. The Bertz CT molecular complexity index is 745. The van der Waals surface area contributed by atoms with Gasteiger partial charge in [0.25, 0.3) is 0 Å². The minimum atomic E-state index is -4.65. The molecule has 0 unspecified atom stereocenters. The van der Waals surface area contributed by atoms with Gasteiger partial charge in [0.05, 0.1) is 16.9 Å². The molecule has 2 aromatic carbocycles. The molecule has 0 aliphatic rings. The zero-order valence-electron chi connectivity index (χ0n) is 11.1. The fourth-order valence-electron chi connectivity index (χ4n) is 1.66. The Hall–Kier alpha value is -2.29.